The molecule has 0 saturated heterocycles. The van der Waals surface area contributed by atoms with Crippen LogP contribution in [0.3, 0.4) is 0 Å². The third-order valence-electron chi connectivity index (χ3n) is 6.29. The molecule has 4 rings (SSSR count). The second kappa shape index (κ2) is 10.6. The number of carbonyl (C=O) groups is 2. The molecule has 7 heteroatoms. The number of fused-ring (bicyclic) bond motifs is 1. The molecule has 0 spiro atoms. The Hall–Kier alpha value is -3.84. The average molecular weight is 475 g/mol. The molecular weight excluding hydrogens is 444 g/mol. The van der Waals surface area contributed by atoms with Gasteiger partial charge in [-0.3, -0.25) is 9.59 Å². The number of ether oxygens (including phenoxy) is 1. The summed E-state index contributed by atoms with van der Waals surface area (Å²) in [6, 6.07) is 15.4. The van der Waals surface area contributed by atoms with E-state index in [1.54, 1.807) is 41.3 Å². The van der Waals surface area contributed by atoms with Gasteiger partial charge in [0, 0.05) is 18.5 Å². The molecule has 0 aliphatic carbocycles. The Balaban J connectivity index is 1.75. The van der Waals surface area contributed by atoms with Gasteiger partial charge in [0.15, 0.2) is 11.5 Å². The highest BCUT2D eigenvalue weighted by atomic mass is 16.5. The molecule has 1 N–H and O–H groups in total. The first-order valence-electron chi connectivity index (χ1n) is 11.8. The number of amides is 1. The predicted octanol–water partition coefficient (Wildman–Crippen LogP) is 4.92. The molecule has 1 aliphatic heterocycles. The van der Waals surface area contributed by atoms with Gasteiger partial charge in [0.05, 0.1) is 11.6 Å². The smallest absolute Gasteiger partial charge is 0.290 e. The summed E-state index contributed by atoms with van der Waals surface area (Å²) >= 11 is 0. The van der Waals surface area contributed by atoms with E-state index >= 15 is 0 Å². The summed E-state index contributed by atoms with van der Waals surface area (Å²) < 4.78 is 11.5. The number of ketones is 1. The molecule has 2 aromatic carbocycles. The summed E-state index contributed by atoms with van der Waals surface area (Å²) in [5, 5.41) is 11.7. The standard InChI is InChI=1S/C28H30N2O5/c1-4-16-34-21-12-9-11-20(17-21)25-24(26(31)23-18-19-10-7-8-13-22(19)35-23)27(32)28(33)30(25)15-14-29(5-2)6-3/h4,7-13,17-18,25,32H,1,5-6,14-16H2,2-3H3. The van der Waals surface area contributed by atoms with Crippen molar-refractivity contribution in [3.8, 4) is 5.75 Å². The van der Waals surface area contributed by atoms with Crippen molar-refractivity contribution in [2.24, 2.45) is 0 Å². The van der Waals surface area contributed by atoms with Crippen molar-refractivity contribution >= 4 is 22.7 Å². The van der Waals surface area contributed by atoms with Gasteiger partial charge in [-0.15, -0.1) is 0 Å². The first-order chi connectivity index (χ1) is 17.0. The van der Waals surface area contributed by atoms with Crippen molar-refractivity contribution in [3.63, 3.8) is 0 Å². The van der Waals surface area contributed by atoms with E-state index in [0.717, 1.165) is 18.5 Å². The third kappa shape index (κ3) is 4.86. The fourth-order valence-corrected chi connectivity index (χ4v) is 4.41. The minimum Gasteiger partial charge on any atom is -0.503 e. The van der Waals surface area contributed by atoms with E-state index in [2.05, 4.69) is 25.3 Å². The largest absolute Gasteiger partial charge is 0.503 e. The number of hydrogen-bond acceptors (Lipinski definition) is 6. The molecule has 0 bridgehead atoms. The zero-order valence-corrected chi connectivity index (χ0v) is 20.1. The van der Waals surface area contributed by atoms with Crippen LogP contribution in [0.4, 0.5) is 0 Å². The van der Waals surface area contributed by atoms with E-state index in [-0.39, 0.29) is 11.3 Å². The summed E-state index contributed by atoms with van der Waals surface area (Å²) in [7, 11) is 0. The number of hydrogen-bond donors (Lipinski definition) is 1. The van der Waals surface area contributed by atoms with Crippen molar-refractivity contribution in [1.82, 2.24) is 9.80 Å². The Morgan fingerprint density at radius 1 is 1.17 bits per heavy atom. The van der Waals surface area contributed by atoms with Crippen molar-refractivity contribution in [2.75, 3.05) is 32.8 Å². The molecule has 2 heterocycles. The zero-order valence-electron chi connectivity index (χ0n) is 20.1. The van der Waals surface area contributed by atoms with Gasteiger partial charge in [-0.2, -0.15) is 0 Å². The molecule has 3 aromatic rings. The fourth-order valence-electron chi connectivity index (χ4n) is 4.41. The van der Waals surface area contributed by atoms with Gasteiger partial charge < -0.3 is 24.1 Å². The zero-order chi connectivity index (χ0) is 24.9. The number of nitrogens with zero attached hydrogens (tertiary/aromatic N) is 2. The fraction of sp³-hybridized carbons (Fsp3) is 0.286. The number of aliphatic hydroxyl groups is 1. The quantitative estimate of drug-likeness (QED) is 0.314. The van der Waals surface area contributed by atoms with Crippen LogP contribution in [0.15, 0.2) is 83.0 Å². The van der Waals surface area contributed by atoms with Crippen LogP contribution in [-0.2, 0) is 4.79 Å². The van der Waals surface area contributed by atoms with Crippen LogP contribution in [0.25, 0.3) is 11.0 Å². The number of likely N-dealkylation sites (N-methyl/N-ethyl adjacent to an activating group) is 1. The molecule has 7 nitrogen and oxygen atoms in total. The van der Waals surface area contributed by atoms with Crippen LogP contribution in [-0.4, -0.2) is 59.4 Å². The predicted molar refractivity (Wildman–Crippen MR) is 135 cm³/mol. The first-order valence-corrected chi connectivity index (χ1v) is 11.8. The molecule has 0 radical (unpaired) electrons. The summed E-state index contributed by atoms with van der Waals surface area (Å²) in [4.78, 5) is 30.6. The molecule has 35 heavy (non-hydrogen) atoms. The van der Waals surface area contributed by atoms with Crippen LogP contribution in [0.1, 0.15) is 36.0 Å². The molecular formula is C28H30N2O5. The first kappa shape index (κ1) is 24.3. The lowest BCUT2D eigenvalue weighted by Crippen LogP contribution is -2.38. The Morgan fingerprint density at radius 2 is 1.94 bits per heavy atom. The monoisotopic (exact) mass is 474 g/mol. The van der Waals surface area contributed by atoms with Crippen LogP contribution in [0.5, 0.6) is 5.75 Å². The summed E-state index contributed by atoms with van der Waals surface area (Å²) in [5.41, 5.74) is 1.24. The Labute approximate surface area is 204 Å². The topological polar surface area (TPSA) is 83.2 Å². The second-order valence-corrected chi connectivity index (χ2v) is 8.34. The maximum Gasteiger partial charge on any atom is 0.290 e. The van der Waals surface area contributed by atoms with E-state index in [0.29, 0.717) is 36.6 Å². The maximum atomic E-state index is 13.7. The molecule has 1 aliphatic rings. The highest BCUT2D eigenvalue weighted by Crippen LogP contribution is 2.40. The van der Waals surface area contributed by atoms with Gasteiger partial charge in [0.25, 0.3) is 5.91 Å². The van der Waals surface area contributed by atoms with Crippen molar-refractivity contribution in [2.45, 2.75) is 19.9 Å². The SMILES string of the molecule is C=CCOc1cccc(C2C(C(=O)c3cc4ccccc4o3)=C(O)C(=O)N2CCN(CC)CC)c1. The van der Waals surface area contributed by atoms with Crippen LogP contribution in [0, 0.1) is 0 Å². The van der Waals surface area contributed by atoms with Gasteiger partial charge >= 0.3 is 0 Å². The molecule has 1 unspecified atom stereocenters. The Bertz CT molecular complexity index is 1240. The van der Waals surface area contributed by atoms with E-state index in [1.165, 1.54) is 0 Å². The molecule has 0 fully saturated rings. The van der Waals surface area contributed by atoms with Crippen LogP contribution < -0.4 is 4.74 Å². The van der Waals surface area contributed by atoms with Crippen LogP contribution >= 0.6 is 0 Å². The lowest BCUT2D eigenvalue weighted by atomic mass is 9.95. The van der Waals surface area contributed by atoms with Gasteiger partial charge in [-0.05, 0) is 42.9 Å². The lowest BCUT2D eigenvalue weighted by Gasteiger charge is -2.29. The van der Waals surface area contributed by atoms with Gasteiger partial charge in [-0.25, -0.2) is 0 Å². The minimum absolute atomic E-state index is 0.00877. The summed E-state index contributed by atoms with van der Waals surface area (Å²) in [6.07, 6.45) is 1.64. The summed E-state index contributed by atoms with van der Waals surface area (Å²) in [5.74, 6) is -0.966. The number of benzene rings is 2. The molecule has 1 amide bonds. The molecule has 1 atom stereocenters. The minimum atomic E-state index is -0.772. The number of para-hydroxylation sites is 1. The third-order valence-corrected chi connectivity index (χ3v) is 6.29. The lowest BCUT2D eigenvalue weighted by molar-refractivity contribution is -0.129. The second-order valence-electron chi connectivity index (χ2n) is 8.34. The van der Waals surface area contributed by atoms with E-state index in [4.69, 9.17) is 9.15 Å². The average Bonchev–Trinajstić information content (AvgIpc) is 3.42. The van der Waals surface area contributed by atoms with Gasteiger partial charge in [-0.1, -0.05) is 56.8 Å². The molecule has 182 valence electrons. The van der Waals surface area contributed by atoms with Crippen LogP contribution in [0.2, 0.25) is 0 Å². The Morgan fingerprint density at radius 3 is 2.66 bits per heavy atom. The van der Waals surface area contributed by atoms with Gasteiger partial charge in [0.1, 0.15) is 17.9 Å². The number of Topliss-reactive ketones (excluding diaryl/α,β-unsaturated/α-hetero) is 1. The van der Waals surface area contributed by atoms with E-state index in [1.807, 2.05) is 24.3 Å². The molecule has 1 aromatic heterocycles. The Kier molecular flexibility index (Phi) is 7.36. The maximum absolute atomic E-state index is 13.7. The normalized spacial score (nSPS) is 15.9. The van der Waals surface area contributed by atoms with Crippen molar-refractivity contribution in [1.29, 1.82) is 0 Å². The van der Waals surface area contributed by atoms with E-state index in [9.17, 15) is 14.7 Å². The number of furan rings is 1. The van der Waals surface area contributed by atoms with Gasteiger partial charge in [0.2, 0.25) is 5.78 Å². The summed E-state index contributed by atoms with van der Waals surface area (Å²) in [6.45, 7) is 10.7. The highest BCUT2D eigenvalue weighted by molar-refractivity contribution is 6.16. The van der Waals surface area contributed by atoms with Crippen molar-refractivity contribution in [3.05, 3.63) is 89.9 Å². The van der Waals surface area contributed by atoms with E-state index < -0.39 is 23.5 Å². The van der Waals surface area contributed by atoms with Crippen molar-refractivity contribution < 1.29 is 23.8 Å². The number of rotatable bonds is 11. The highest BCUT2D eigenvalue weighted by Gasteiger charge is 2.44. The number of carbonyl (C=O) groups excluding carboxylic acids is 2. The molecule has 0 saturated carbocycles. The number of aliphatic hydroxyl groups excluding tert-OH is 1.